The first-order valence-corrected chi connectivity index (χ1v) is 11.5. The predicted octanol–water partition coefficient (Wildman–Crippen LogP) is 2.65. The van der Waals surface area contributed by atoms with Crippen molar-refractivity contribution in [1.82, 2.24) is 5.32 Å². The first-order chi connectivity index (χ1) is 15.8. The summed E-state index contributed by atoms with van der Waals surface area (Å²) in [7, 11) is 0. The molecule has 0 radical (unpaired) electrons. The van der Waals surface area contributed by atoms with Crippen LogP contribution in [0.2, 0.25) is 0 Å². The monoisotopic (exact) mass is 461 g/mol. The summed E-state index contributed by atoms with van der Waals surface area (Å²) < 4.78 is -1.24. The number of nitrogens with one attached hydrogen (secondary N) is 1. The van der Waals surface area contributed by atoms with Gasteiger partial charge in [-0.2, -0.15) is 0 Å². The normalized spacial score (nSPS) is 20.8. The van der Waals surface area contributed by atoms with Crippen molar-refractivity contribution in [3.63, 3.8) is 0 Å². The second kappa shape index (κ2) is 9.02. The van der Waals surface area contributed by atoms with Crippen LogP contribution in [-0.2, 0) is 20.8 Å². The number of fused-ring (bicyclic) bond motifs is 1. The van der Waals surface area contributed by atoms with Crippen molar-refractivity contribution in [1.29, 1.82) is 0 Å². The quantitative estimate of drug-likeness (QED) is 0.319. The van der Waals surface area contributed by atoms with Gasteiger partial charge in [-0.05, 0) is 35.7 Å². The van der Waals surface area contributed by atoms with E-state index in [1.54, 1.807) is 6.92 Å². The minimum Gasteiger partial charge on any atom is -0.390 e. The Morgan fingerprint density at radius 2 is 1.55 bits per heavy atom. The summed E-state index contributed by atoms with van der Waals surface area (Å²) in [5.74, 6) is -1.68. The van der Waals surface area contributed by atoms with Crippen LogP contribution in [0.3, 0.4) is 0 Å². The number of nitrogens with two attached hydrogens (primary N) is 2. The highest BCUT2D eigenvalue weighted by Crippen LogP contribution is 2.48. The number of rotatable bonds is 7. The highest BCUT2D eigenvalue weighted by Gasteiger charge is 2.58. The van der Waals surface area contributed by atoms with E-state index < -0.39 is 34.2 Å². The molecule has 6 nitrogen and oxygen atoms in total. The number of hydrogen-bond acceptors (Lipinski definition) is 5. The second-order valence-electron chi connectivity index (χ2n) is 8.41. The van der Waals surface area contributed by atoms with Crippen LogP contribution >= 0.6 is 11.8 Å². The summed E-state index contributed by atoms with van der Waals surface area (Å²) in [6.45, 7) is 1.75. The molecule has 3 aromatic rings. The lowest BCUT2D eigenvalue weighted by Crippen LogP contribution is -2.71. The van der Waals surface area contributed by atoms with Gasteiger partial charge in [-0.3, -0.25) is 9.59 Å². The first kappa shape index (κ1) is 23.0. The van der Waals surface area contributed by atoms with Crippen LogP contribution in [0.15, 0.2) is 89.8 Å². The third kappa shape index (κ3) is 4.04. The molecule has 0 fully saturated rings. The van der Waals surface area contributed by atoms with E-state index in [4.69, 9.17) is 11.5 Å². The van der Waals surface area contributed by atoms with E-state index >= 15 is 0 Å². The van der Waals surface area contributed by atoms with E-state index in [1.807, 2.05) is 84.9 Å². The zero-order chi connectivity index (χ0) is 23.6. The molecule has 0 spiro atoms. The fourth-order valence-electron chi connectivity index (χ4n) is 4.41. The fraction of sp³-hybridized carbons (Fsp3) is 0.231. The Balaban J connectivity index is 1.77. The number of benzene rings is 3. The molecule has 170 valence electrons. The molecule has 7 heteroatoms. The Morgan fingerprint density at radius 3 is 2.18 bits per heavy atom. The molecule has 2 amide bonds. The van der Waals surface area contributed by atoms with E-state index in [0.29, 0.717) is 12.0 Å². The molecule has 0 saturated heterocycles. The summed E-state index contributed by atoms with van der Waals surface area (Å²) in [6.07, 6.45) is -0.419. The van der Waals surface area contributed by atoms with Crippen LogP contribution in [0.5, 0.6) is 0 Å². The minimum absolute atomic E-state index is 0.407. The second-order valence-corrected chi connectivity index (χ2v) is 9.90. The fourth-order valence-corrected chi connectivity index (χ4v) is 5.79. The van der Waals surface area contributed by atoms with Crippen LogP contribution in [0.4, 0.5) is 0 Å². The highest BCUT2D eigenvalue weighted by molar-refractivity contribution is 8.00. The van der Waals surface area contributed by atoms with Crippen LogP contribution in [0.1, 0.15) is 29.7 Å². The van der Waals surface area contributed by atoms with Gasteiger partial charge in [0, 0.05) is 11.3 Å². The van der Waals surface area contributed by atoms with Crippen LogP contribution < -0.4 is 16.8 Å². The molecule has 6 N–H and O–H groups in total. The number of carbonyl (C=O) groups excluding carboxylic acids is 2. The lowest BCUT2D eigenvalue weighted by Gasteiger charge is -2.43. The van der Waals surface area contributed by atoms with E-state index in [9.17, 15) is 14.7 Å². The van der Waals surface area contributed by atoms with E-state index in [0.717, 1.165) is 16.0 Å². The molecular weight excluding hydrogens is 434 g/mol. The molecule has 3 unspecified atom stereocenters. The average molecular weight is 462 g/mol. The van der Waals surface area contributed by atoms with E-state index in [1.165, 1.54) is 11.8 Å². The van der Waals surface area contributed by atoms with Gasteiger partial charge in [-0.1, -0.05) is 72.8 Å². The van der Waals surface area contributed by atoms with Crippen molar-refractivity contribution in [2.24, 2.45) is 11.5 Å². The molecule has 0 aromatic heterocycles. The Hall–Kier alpha value is -3.13. The van der Waals surface area contributed by atoms with Crippen LogP contribution in [0, 0.1) is 0 Å². The molecule has 4 atom stereocenters. The molecule has 4 rings (SSSR count). The summed E-state index contributed by atoms with van der Waals surface area (Å²) in [5, 5.41) is 13.5. The molecule has 0 aliphatic heterocycles. The number of thioether (sulfide) groups is 1. The molecule has 0 heterocycles. The summed E-state index contributed by atoms with van der Waals surface area (Å²) in [5.41, 5.74) is 12.9. The standard InChI is InChI=1S/C26H27N3O3S/c1-25(18-11-4-2-5-12-18,33-19-13-6-3-7-14-19)26(28,23(27)31)24(32)29-22-20-15-9-8-10-17(20)16-21(22)30/h2-15,21-22,30H,16,28H2,1H3,(H2,27,31)(H,29,32)/t21?,22?,25?,26-/m0/s1. The molecule has 1 aliphatic rings. The number of carbonyl (C=O) groups is 2. The molecule has 0 bridgehead atoms. The maximum atomic E-state index is 13.8. The molecule has 0 saturated carbocycles. The topological polar surface area (TPSA) is 118 Å². The Kier molecular flexibility index (Phi) is 6.30. The molecule has 33 heavy (non-hydrogen) atoms. The number of hydrogen-bond donors (Lipinski definition) is 4. The van der Waals surface area contributed by atoms with Gasteiger partial charge in [-0.25, -0.2) is 0 Å². The maximum absolute atomic E-state index is 13.8. The lowest BCUT2D eigenvalue weighted by atomic mass is 9.78. The van der Waals surface area contributed by atoms with Crippen molar-refractivity contribution in [3.8, 4) is 0 Å². The van der Waals surface area contributed by atoms with Crippen molar-refractivity contribution in [3.05, 3.63) is 102 Å². The first-order valence-electron chi connectivity index (χ1n) is 10.7. The summed E-state index contributed by atoms with van der Waals surface area (Å²) >= 11 is 1.30. The predicted molar refractivity (Wildman–Crippen MR) is 129 cm³/mol. The Morgan fingerprint density at radius 1 is 0.970 bits per heavy atom. The van der Waals surface area contributed by atoms with E-state index in [-0.39, 0.29) is 0 Å². The molecule has 1 aliphatic carbocycles. The van der Waals surface area contributed by atoms with Gasteiger partial charge in [-0.15, -0.1) is 11.8 Å². The largest absolute Gasteiger partial charge is 0.390 e. The summed E-state index contributed by atoms with van der Waals surface area (Å²) in [4.78, 5) is 27.5. The van der Waals surface area contributed by atoms with Crippen molar-refractivity contribution < 1.29 is 14.7 Å². The SMILES string of the molecule is CC(Sc1ccccc1)(c1ccccc1)[C@](N)(C(N)=O)C(=O)NC1c2ccccc2CC1O. The van der Waals surface area contributed by atoms with Gasteiger partial charge < -0.3 is 21.9 Å². The van der Waals surface area contributed by atoms with E-state index in [2.05, 4.69) is 5.32 Å². The van der Waals surface area contributed by atoms with Crippen molar-refractivity contribution in [2.75, 3.05) is 0 Å². The van der Waals surface area contributed by atoms with Gasteiger partial charge in [0.05, 0.1) is 16.9 Å². The number of primary amides is 1. The Labute approximate surface area is 197 Å². The van der Waals surface area contributed by atoms with Gasteiger partial charge in [0.1, 0.15) is 0 Å². The average Bonchev–Trinajstić information content (AvgIpc) is 3.14. The zero-order valence-corrected chi connectivity index (χ0v) is 19.1. The van der Waals surface area contributed by atoms with Crippen molar-refractivity contribution >= 4 is 23.6 Å². The highest BCUT2D eigenvalue weighted by atomic mass is 32.2. The zero-order valence-electron chi connectivity index (χ0n) is 18.3. The summed E-state index contributed by atoms with van der Waals surface area (Å²) in [6, 6.07) is 25.4. The lowest BCUT2D eigenvalue weighted by molar-refractivity contribution is -0.138. The smallest absolute Gasteiger partial charge is 0.252 e. The van der Waals surface area contributed by atoms with Gasteiger partial charge >= 0.3 is 0 Å². The van der Waals surface area contributed by atoms with Crippen LogP contribution in [0.25, 0.3) is 0 Å². The van der Waals surface area contributed by atoms with Crippen molar-refractivity contribution in [2.45, 2.75) is 40.7 Å². The van der Waals surface area contributed by atoms with Gasteiger partial charge in [0.2, 0.25) is 5.91 Å². The number of amides is 2. The van der Waals surface area contributed by atoms with Gasteiger partial charge in [0.15, 0.2) is 5.54 Å². The van der Waals surface area contributed by atoms with Gasteiger partial charge in [0.25, 0.3) is 5.91 Å². The molecular formula is C26H27N3O3S. The third-order valence-electron chi connectivity index (χ3n) is 6.38. The third-order valence-corrected chi connectivity index (χ3v) is 7.85. The van der Waals surface area contributed by atoms with Crippen LogP contribution in [-0.4, -0.2) is 28.6 Å². The Bertz CT molecular complexity index is 1160. The molecule has 3 aromatic carbocycles. The maximum Gasteiger partial charge on any atom is 0.252 e. The minimum atomic E-state index is -2.12. The number of aliphatic hydroxyl groups excluding tert-OH is 1. The number of aliphatic hydroxyl groups is 1.